The van der Waals surface area contributed by atoms with E-state index in [4.69, 9.17) is 0 Å². The van der Waals surface area contributed by atoms with Crippen LogP contribution in [0, 0.1) is 0 Å². The first-order valence-corrected chi connectivity index (χ1v) is 8.52. The minimum atomic E-state index is -4.95. The highest BCUT2D eigenvalue weighted by Gasteiger charge is 2.45. The van der Waals surface area contributed by atoms with Crippen LogP contribution in [0.15, 0.2) is 53.2 Å². The maximum absolute atomic E-state index is 13.4. The zero-order valence-corrected chi connectivity index (χ0v) is 15.8. The molecule has 3 rings (SSSR count). The summed E-state index contributed by atoms with van der Waals surface area (Å²) in [5, 5.41) is 3.24. The number of nitrogens with zero attached hydrogens (tertiary/aromatic N) is 2. The van der Waals surface area contributed by atoms with Gasteiger partial charge in [0, 0.05) is 11.1 Å². The highest BCUT2D eigenvalue weighted by atomic mass is 19.4. The zero-order valence-electron chi connectivity index (χ0n) is 15.8. The molecule has 2 aromatic carbocycles. The molecule has 0 atom stereocenters. The fourth-order valence-electron chi connectivity index (χ4n) is 2.82. The van der Waals surface area contributed by atoms with Gasteiger partial charge in [0.2, 0.25) is 11.6 Å². The second-order valence-electron chi connectivity index (χ2n) is 6.11. The van der Waals surface area contributed by atoms with Gasteiger partial charge in [-0.05, 0) is 16.8 Å². The first-order chi connectivity index (χ1) is 15.0. The highest BCUT2D eigenvalue weighted by molar-refractivity contribution is 6.17. The van der Waals surface area contributed by atoms with Crippen LogP contribution in [0.1, 0.15) is 43.2 Å². The van der Waals surface area contributed by atoms with E-state index in [-0.39, 0.29) is 4.90 Å². The Labute approximate surface area is 174 Å². The molecule has 32 heavy (non-hydrogen) atoms. The topological polar surface area (TPSA) is 82.5 Å². The lowest BCUT2D eigenvalue weighted by atomic mass is 9.96. The molecule has 0 fully saturated rings. The molecule has 0 bridgehead atoms. The summed E-state index contributed by atoms with van der Waals surface area (Å²) in [6.07, 6.45) is -9.90. The van der Waals surface area contributed by atoms with Crippen LogP contribution in [0.4, 0.5) is 26.3 Å². The van der Waals surface area contributed by atoms with Crippen molar-refractivity contribution in [3.63, 3.8) is 0 Å². The highest BCUT2D eigenvalue weighted by Crippen LogP contribution is 2.34. The quantitative estimate of drug-likeness (QED) is 0.242. The monoisotopic (exact) mass is 461 g/mol. The fourth-order valence-corrected chi connectivity index (χ4v) is 2.82. The number of ketones is 2. The van der Waals surface area contributed by atoms with Crippen molar-refractivity contribution in [1.82, 2.24) is 5.16 Å². The van der Waals surface area contributed by atoms with Gasteiger partial charge in [-0.3, -0.25) is 9.59 Å². The van der Waals surface area contributed by atoms with Crippen LogP contribution in [0.5, 0.6) is 0 Å². The maximum atomic E-state index is 13.4. The molecule has 13 heteroatoms. The van der Waals surface area contributed by atoms with Crippen molar-refractivity contribution in [1.29, 1.82) is 0 Å². The molecule has 0 spiro atoms. The molecule has 0 saturated carbocycles. The van der Waals surface area contributed by atoms with E-state index in [0.29, 0.717) is 12.1 Å². The maximum Gasteiger partial charge on any atom is 0.417 e. The third kappa shape index (κ3) is 4.32. The Kier molecular flexibility index (Phi) is 6.03. The smallest absolute Gasteiger partial charge is 0.284 e. The number of halogens is 6. The molecular weight excluding hydrogens is 450 g/mol. The first-order valence-electron chi connectivity index (χ1n) is 8.52. The lowest BCUT2D eigenvalue weighted by molar-refractivity contribution is -1.07. The van der Waals surface area contributed by atoms with Crippen LogP contribution in [0.3, 0.4) is 0 Å². The van der Waals surface area contributed by atoms with Crippen LogP contribution in [0.2, 0.25) is 0 Å². The van der Waals surface area contributed by atoms with Gasteiger partial charge in [0.25, 0.3) is 0 Å². The van der Waals surface area contributed by atoms with E-state index < -0.39 is 57.6 Å². The Hall–Kier alpha value is -3.74. The molecule has 0 amide bonds. The summed E-state index contributed by atoms with van der Waals surface area (Å²) in [6, 6.07) is 7.17. The zero-order chi connectivity index (χ0) is 23.7. The number of alkyl halides is 6. The largest absolute Gasteiger partial charge is 0.417 e. The number of carbonyl (C=O) groups is 2. The molecule has 0 aliphatic heterocycles. The van der Waals surface area contributed by atoms with Gasteiger partial charge in [-0.1, -0.05) is 36.4 Å². The molecular formula is C19H11F6N2O5+. The van der Waals surface area contributed by atoms with Crippen molar-refractivity contribution in [2.24, 2.45) is 0 Å². The van der Waals surface area contributed by atoms with E-state index in [9.17, 15) is 35.9 Å². The van der Waals surface area contributed by atoms with Gasteiger partial charge >= 0.3 is 23.7 Å². The lowest BCUT2D eigenvalue weighted by Gasteiger charge is -2.11. The average Bonchev–Trinajstić information content (AvgIpc) is 3.15. The van der Waals surface area contributed by atoms with E-state index in [1.54, 1.807) is 0 Å². The Morgan fingerprint density at radius 3 is 1.78 bits per heavy atom. The minimum absolute atomic E-state index is 0.0823. The van der Waals surface area contributed by atoms with Gasteiger partial charge < -0.3 is 0 Å². The van der Waals surface area contributed by atoms with Gasteiger partial charge in [0.05, 0.1) is 18.2 Å². The molecule has 3 aromatic rings. The van der Waals surface area contributed by atoms with E-state index in [1.165, 1.54) is 0 Å². The predicted molar refractivity (Wildman–Crippen MR) is 90.0 cm³/mol. The van der Waals surface area contributed by atoms with E-state index in [2.05, 4.69) is 19.7 Å². The Morgan fingerprint density at radius 1 is 0.844 bits per heavy atom. The Balaban J connectivity index is 2.20. The molecule has 0 aliphatic carbocycles. The Bertz CT molecular complexity index is 1170. The van der Waals surface area contributed by atoms with Gasteiger partial charge in [0.15, 0.2) is 10.1 Å². The predicted octanol–water partition coefficient (Wildman–Crippen LogP) is 3.45. The number of hydrogen-bond donors (Lipinski definition) is 0. The van der Waals surface area contributed by atoms with Crippen LogP contribution >= 0.6 is 0 Å². The SMILES string of the molecule is COO[n+]1onc(C(=O)c2ccccc2C(F)(F)F)c1C(=O)c1ccccc1C(F)(F)F. The Morgan fingerprint density at radius 2 is 1.31 bits per heavy atom. The van der Waals surface area contributed by atoms with E-state index in [0.717, 1.165) is 43.5 Å². The minimum Gasteiger partial charge on any atom is -0.284 e. The summed E-state index contributed by atoms with van der Waals surface area (Å²) in [4.78, 5) is 34.7. The standard InChI is InChI=1S/C19H11F6N2O5/c1-30-32-27-15(17(29)11-7-3-5-9-13(11)19(23,24)25)14(26-31-27)16(28)10-6-2-4-8-12(10)18(20,21)22/h2-9H,1H3/q+1. The summed E-state index contributed by atoms with van der Waals surface area (Å²) in [7, 11) is 0.938. The number of rotatable bonds is 6. The van der Waals surface area contributed by atoms with Gasteiger partial charge in [-0.15, -0.1) is 9.88 Å². The molecule has 0 saturated heterocycles. The normalized spacial score (nSPS) is 12.0. The van der Waals surface area contributed by atoms with Crippen molar-refractivity contribution >= 4 is 11.6 Å². The van der Waals surface area contributed by atoms with Crippen LogP contribution in [0.25, 0.3) is 0 Å². The number of hydrogen-bond acceptors (Lipinski definition) is 6. The average molecular weight is 461 g/mol. The number of aromatic nitrogens is 2. The summed E-state index contributed by atoms with van der Waals surface area (Å²) in [6.45, 7) is 0. The molecule has 0 unspecified atom stereocenters. The fraction of sp³-hybridized carbons (Fsp3) is 0.158. The molecule has 0 radical (unpaired) electrons. The molecule has 7 nitrogen and oxygen atoms in total. The van der Waals surface area contributed by atoms with Gasteiger partial charge in [-0.2, -0.15) is 26.3 Å². The van der Waals surface area contributed by atoms with Crippen molar-refractivity contribution < 1.29 is 55.3 Å². The molecule has 1 heterocycles. The van der Waals surface area contributed by atoms with Gasteiger partial charge in [-0.25, -0.2) is 0 Å². The second kappa shape index (κ2) is 8.42. The molecule has 168 valence electrons. The summed E-state index contributed by atoms with van der Waals surface area (Å²) in [5.41, 5.74) is -6.55. The summed E-state index contributed by atoms with van der Waals surface area (Å²) in [5.74, 6) is -2.89. The molecule has 0 N–H and O–H groups in total. The van der Waals surface area contributed by atoms with Crippen molar-refractivity contribution in [3.05, 3.63) is 82.2 Å². The number of benzene rings is 2. The van der Waals surface area contributed by atoms with Crippen molar-refractivity contribution in [2.75, 3.05) is 7.11 Å². The van der Waals surface area contributed by atoms with Crippen LogP contribution in [-0.4, -0.2) is 23.8 Å². The summed E-state index contributed by atoms with van der Waals surface area (Å²) < 4.78 is 84.6. The van der Waals surface area contributed by atoms with E-state index in [1.807, 2.05) is 0 Å². The summed E-state index contributed by atoms with van der Waals surface area (Å²) >= 11 is 0. The number of carbonyl (C=O) groups excluding carboxylic acids is 2. The van der Waals surface area contributed by atoms with E-state index >= 15 is 0 Å². The van der Waals surface area contributed by atoms with Crippen molar-refractivity contribution in [3.8, 4) is 0 Å². The lowest BCUT2D eigenvalue weighted by Crippen LogP contribution is -2.46. The first kappa shape index (κ1) is 22.9. The van der Waals surface area contributed by atoms with Gasteiger partial charge in [0.1, 0.15) is 0 Å². The van der Waals surface area contributed by atoms with Crippen molar-refractivity contribution in [2.45, 2.75) is 12.4 Å². The molecule has 1 aromatic heterocycles. The van der Waals surface area contributed by atoms with Crippen LogP contribution < -0.4 is 9.89 Å². The third-order valence-electron chi connectivity index (χ3n) is 4.14. The molecule has 0 aliphatic rings. The second-order valence-corrected chi connectivity index (χ2v) is 6.11. The third-order valence-corrected chi connectivity index (χ3v) is 4.14. The van der Waals surface area contributed by atoms with Crippen LogP contribution in [-0.2, 0) is 17.2 Å².